The van der Waals surface area contributed by atoms with Crippen LogP contribution < -0.4 is 10.2 Å². The SMILES string of the molecule is c1ccc(CNC2CCN(c3nc4ccccc4o3)CC2)cc1. The van der Waals surface area contributed by atoms with Crippen molar-refractivity contribution in [1.29, 1.82) is 0 Å². The van der Waals surface area contributed by atoms with Gasteiger partial charge in [-0.2, -0.15) is 4.98 Å². The van der Waals surface area contributed by atoms with Crippen LogP contribution in [0.5, 0.6) is 0 Å². The van der Waals surface area contributed by atoms with Crippen molar-refractivity contribution in [2.45, 2.75) is 25.4 Å². The topological polar surface area (TPSA) is 41.3 Å². The Morgan fingerprint density at radius 2 is 1.74 bits per heavy atom. The zero-order valence-corrected chi connectivity index (χ0v) is 13.1. The van der Waals surface area contributed by atoms with E-state index in [4.69, 9.17) is 4.42 Å². The van der Waals surface area contributed by atoms with E-state index in [0.29, 0.717) is 6.04 Å². The Bertz CT molecular complexity index is 727. The summed E-state index contributed by atoms with van der Waals surface area (Å²) in [6.07, 6.45) is 2.23. The minimum Gasteiger partial charge on any atom is -0.423 e. The second-order valence-electron chi connectivity index (χ2n) is 6.09. The summed E-state index contributed by atoms with van der Waals surface area (Å²) in [5.41, 5.74) is 3.15. The average Bonchev–Trinajstić information content (AvgIpc) is 3.05. The molecule has 4 nitrogen and oxygen atoms in total. The molecule has 1 N–H and O–H groups in total. The molecule has 0 saturated carbocycles. The van der Waals surface area contributed by atoms with E-state index in [1.54, 1.807) is 0 Å². The van der Waals surface area contributed by atoms with E-state index < -0.39 is 0 Å². The van der Waals surface area contributed by atoms with Gasteiger partial charge in [0, 0.05) is 25.7 Å². The molecule has 2 heterocycles. The summed E-state index contributed by atoms with van der Waals surface area (Å²) in [5.74, 6) is 0. The molecule has 0 atom stereocenters. The molecule has 0 amide bonds. The fourth-order valence-corrected chi connectivity index (χ4v) is 3.13. The van der Waals surface area contributed by atoms with Gasteiger partial charge >= 0.3 is 0 Å². The van der Waals surface area contributed by atoms with Gasteiger partial charge in [-0.05, 0) is 30.5 Å². The fraction of sp³-hybridized carbons (Fsp3) is 0.316. The van der Waals surface area contributed by atoms with E-state index in [1.807, 2.05) is 24.3 Å². The first-order chi connectivity index (χ1) is 11.4. The van der Waals surface area contributed by atoms with Gasteiger partial charge in [0.2, 0.25) is 0 Å². The number of piperidine rings is 1. The van der Waals surface area contributed by atoms with Gasteiger partial charge in [0.05, 0.1) is 0 Å². The quantitative estimate of drug-likeness (QED) is 0.800. The summed E-state index contributed by atoms with van der Waals surface area (Å²) < 4.78 is 5.87. The van der Waals surface area contributed by atoms with Gasteiger partial charge in [-0.3, -0.25) is 0 Å². The Kier molecular flexibility index (Phi) is 3.99. The molecule has 1 aliphatic rings. The lowest BCUT2D eigenvalue weighted by Crippen LogP contribution is -2.42. The Morgan fingerprint density at radius 1 is 1.00 bits per heavy atom. The first kappa shape index (κ1) is 14.3. The number of aromatic nitrogens is 1. The number of rotatable bonds is 4. The number of benzene rings is 2. The number of oxazole rings is 1. The Morgan fingerprint density at radius 3 is 2.52 bits per heavy atom. The van der Waals surface area contributed by atoms with Gasteiger partial charge in [0.1, 0.15) is 5.52 Å². The van der Waals surface area contributed by atoms with Crippen LogP contribution in [-0.2, 0) is 6.54 Å². The first-order valence-corrected chi connectivity index (χ1v) is 8.26. The predicted octanol–water partition coefficient (Wildman–Crippen LogP) is 3.59. The maximum absolute atomic E-state index is 5.87. The molecule has 4 rings (SSSR count). The lowest BCUT2D eigenvalue weighted by atomic mass is 10.0. The third kappa shape index (κ3) is 3.22. The minimum atomic E-state index is 0.566. The standard InChI is InChI=1S/C19H21N3O/c1-2-6-15(7-3-1)14-20-16-10-12-22(13-11-16)19-21-17-8-4-5-9-18(17)23-19/h1-9,16,20H,10-14H2. The summed E-state index contributed by atoms with van der Waals surface area (Å²) in [7, 11) is 0. The number of para-hydroxylation sites is 2. The van der Waals surface area contributed by atoms with E-state index >= 15 is 0 Å². The third-order valence-corrected chi connectivity index (χ3v) is 4.49. The Hall–Kier alpha value is -2.33. The van der Waals surface area contributed by atoms with Crippen LogP contribution in [0.1, 0.15) is 18.4 Å². The number of anilines is 1. The highest BCUT2D eigenvalue weighted by Crippen LogP contribution is 2.24. The highest BCUT2D eigenvalue weighted by atomic mass is 16.4. The van der Waals surface area contributed by atoms with E-state index in [9.17, 15) is 0 Å². The van der Waals surface area contributed by atoms with Crippen molar-refractivity contribution in [2.75, 3.05) is 18.0 Å². The molecule has 23 heavy (non-hydrogen) atoms. The summed E-state index contributed by atoms with van der Waals surface area (Å²) in [5, 5.41) is 3.66. The number of nitrogens with zero attached hydrogens (tertiary/aromatic N) is 2. The van der Waals surface area contributed by atoms with Crippen molar-refractivity contribution < 1.29 is 4.42 Å². The highest BCUT2D eigenvalue weighted by Gasteiger charge is 2.22. The summed E-state index contributed by atoms with van der Waals surface area (Å²) in [6, 6.07) is 19.8. The van der Waals surface area contributed by atoms with Gasteiger partial charge in [0.25, 0.3) is 6.01 Å². The van der Waals surface area contributed by atoms with Crippen LogP contribution in [-0.4, -0.2) is 24.1 Å². The van der Waals surface area contributed by atoms with E-state index in [0.717, 1.165) is 49.6 Å². The van der Waals surface area contributed by atoms with Crippen molar-refractivity contribution in [1.82, 2.24) is 10.3 Å². The minimum absolute atomic E-state index is 0.566. The number of hydrogen-bond donors (Lipinski definition) is 1. The third-order valence-electron chi connectivity index (χ3n) is 4.49. The summed E-state index contributed by atoms with van der Waals surface area (Å²) >= 11 is 0. The number of nitrogens with one attached hydrogen (secondary N) is 1. The molecule has 3 aromatic rings. The number of fused-ring (bicyclic) bond motifs is 1. The fourth-order valence-electron chi connectivity index (χ4n) is 3.13. The van der Waals surface area contributed by atoms with Gasteiger partial charge in [0.15, 0.2) is 5.58 Å². The average molecular weight is 307 g/mol. The maximum Gasteiger partial charge on any atom is 0.298 e. The van der Waals surface area contributed by atoms with Crippen molar-refractivity contribution in [2.24, 2.45) is 0 Å². The van der Waals surface area contributed by atoms with Crippen LogP contribution in [0.4, 0.5) is 6.01 Å². The van der Waals surface area contributed by atoms with Crippen LogP contribution >= 0.6 is 0 Å². The van der Waals surface area contributed by atoms with Crippen molar-refractivity contribution in [3.8, 4) is 0 Å². The van der Waals surface area contributed by atoms with Crippen molar-refractivity contribution in [3.05, 3.63) is 60.2 Å². The highest BCUT2D eigenvalue weighted by molar-refractivity contribution is 5.74. The lowest BCUT2D eigenvalue weighted by molar-refractivity contribution is 0.400. The Balaban J connectivity index is 1.33. The second kappa shape index (κ2) is 6.42. The van der Waals surface area contributed by atoms with Crippen LogP contribution in [0.25, 0.3) is 11.1 Å². The zero-order valence-electron chi connectivity index (χ0n) is 13.1. The van der Waals surface area contributed by atoms with E-state index in [1.165, 1.54) is 5.56 Å². The first-order valence-electron chi connectivity index (χ1n) is 8.26. The molecule has 1 aromatic heterocycles. The van der Waals surface area contributed by atoms with Gasteiger partial charge in [-0.25, -0.2) is 0 Å². The molecule has 4 heteroatoms. The summed E-state index contributed by atoms with van der Waals surface area (Å²) in [6.45, 7) is 2.91. The molecule has 1 saturated heterocycles. The normalized spacial score (nSPS) is 16.1. The zero-order chi connectivity index (χ0) is 15.5. The molecule has 0 unspecified atom stereocenters. The molecule has 0 aliphatic carbocycles. The molecule has 1 aliphatic heterocycles. The smallest absolute Gasteiger partial charge is 0.298 e. The van der Waals surface area contributed by atoms with Gasteiger partial charge < -0.3 is 14.6 Å². The van der Waals surface area contributed by atoms with Crippen LogP contribution in [0, 0.1) is 0 Å². The van der Waals surface area contributed by atoms with Gasteiger partial charge in [-0.15, -0.1) is 0 Å². The molecular weight excluding hydrogens is 286 g/mol. The molecular formula is C19H21N3O. The lowest BCUT2D eigenvalue weighted by Gasteiger charge is -2.31. The molecule has 0 radical (unpaired) electrons. The number of hydrogen-bond acceptors (Lipinski definition) is 4. The Labute approximate surface area is 136 Å². The second-order valence-corrected chi connectivity index (χ2v) is 6.09. The van der Waals surface area contributed by atoms with Crippen molar-refractivity contribution in [3.63, 3.8) is 0 Å². The largest absolute Gasteiger partial charge is 0.423 e. The van der Waals surface area contributed by atoms with Crippen LogP contribution in [0.2, 0.25) is 0 Å². The van der Waals surface area contributed by atoms with Crippen LogP contribution in [0.15, 0.2) is 59.0 Å². The van der Waals surface area contributed by atoms with Crippen molar-refractivity contribution >= 4 is 17.1 Å². The molecule has 2 aromatic carbocycles. The molecule has 118 valence electrons. The monoisotopic (exact) mass is 307 g/mol. The predicted molar refractivity (Wildman–Crippen MR) is 92.5 cm³/mol. The van der Waals surface area contributed by atoms with E-state index in [-0.39, 0.29) is 0 Å². The molecule has 0 spiro atoms. The molecule has 0 bridgehead atoms. The van der Waals surface area contributed by atoms with Gasteiger partial charge in [-0.1, -0.05) is 42.5 Å². The van der Waals surface area contributed by atoms with Crippen LogP contribution in [0.3, 0.4) is 0 Å². The summed E-state index contributed by atoms with van der Waals surface area (Å²) in [4.78, 5) is 6.84. The molecule has 1 fully saturated rings. The van der Waals surface area contributed by atoms with E-state index in [2.05, 4.69) is 45.5 Å². The maximum atomic E-state index is 5.87.